The Bertz CT molecular complexity index is 860. The molecule has 0 bridgehead atoms. The van der Waals surface area contributed by atoms with Gasteiger partial charge < -0.3 is 4.57 Å². The van der Waals surface area contributed by atoms with E-state index in [4.69, 9.17) is 10.1 Å². The van der Waals surface area contributed by atoms with Crippen molar-refractivity contribution in [3.8, 4) is 5.69 Å². The van der Waals surface area contributed by atoms with Crippen LogP contribution in [0.1, 0.15) is 42.7 Å². The van der Waals surface area contributed by atoms with Gasteiger partial charge in [-0.3, -0.25) is 4.90 Å². The molecule has 130 valence electrons. The average molecular weight is 335 g/mol. The minimum absolute atomic E-state index is 0.464. The van der Waals surface area contributed by atoms with Gasteiger partial charge in [0, 0.05) is 50.9 Å². The first-order valence-corrected chi connectivity index (χ1v) is 8.98. The van der Waals surface area contributed by atoms with Gasteiger partial charge in [-0.1, -0.05) is 32.0 Å². The Kier molecular flexibility index (Phi) is 4.17. The third-order valence-electron chi connectivity index (χ3n) is 4.94. The number of hydrogen-bond donors (Lipinski definition) is 0. The Labute approximate surface area is 148 Å². The molecule has 4 rings (SSSR count). The van der Waals surface area contributed by atoms with Crippen LogP contribution >= 0.6 is 0 Å². The van der Waals surface area contributed by atoms with E-state index in [0.717, 1.165) is 37.4 Å². The van der Waals surface area contributed by atoms with E-state index in [-0.39, 0.29) is 0 Å². The molecule has 3 heterocycles. The molecule has 0 amide bonds. The van der Waals surface area contributed by atoms with Gasteiger partial charge in [-0.05, 0) is 18.2 Å². The Morgan fingerprint density at radius 3 is 2.68 bits per heavy atom. The first-order valence-electron chi connectivity index (χ1n) is 8.98. The predicted octanol–water partition coefficient (Wildman–Crippen LogP) is 3.29. The van der Waals surface area contributed by atoms with Gasteiger partial charge in [0.15, 0.2) is 0 Å². The summed E-state index contributed by atoms with van der Waals surface area (Å²) >= 11 is 0. The minimum atomic E-state index is 0.464. The molecular weight excluding hydrogens is 310 g/mol. The lowest BCUT2D eigenvalue weighted by Gasteiger charge is -2.25. The smallest absolute Gasteiger partial charge is 0.111 e. The molecule has 0 unspecified atom stereocenters. The average Bonchev–Trinajstić information content (AvgIpc) is 3.21. The normalized spacial score (nSPS) is 14.9. The van der Waals surface area contributed by atoms with E-state index < -0.39 is 0 Å². The molecule has 0 spiro atoms. The van der Waals surface area contributed by atoms with E-state index >= 15 is 0 Å². The summed E-state index contributed by atoms with van der Waals surface area (Å²) in [5, 5.41) is 4.73. The molecule has 0 saturated carbocycles. The number of rotatable bonds is 4. The van der Waals surface area contributed by atoms with E-state index in [1.54, 1.807) is 0 Å². The van der Waals surface area contributed by atoms with Crippen molar-refractivity contribution in [3.63, 3.8) is 0 Å². The third-order valence-corrected chi connectivity index (χ3v) is 4.94. The van der Waals surface area contributed by atoms with E-state index in [9.17, 15) is 0 Å². The molecular formula is C20H25N5. The fourth-order valence-electron chi connectivity index (χ4n) is 3.65. The number of benzene rings is 1. The zero-order valence-electron chi connectivity index (χ0n) is 15.2. The summed E-state index contributed by atoms with van der Waals surface area (Å²) in [5.41, 5.74) is 4.84. The number of fused-ring (bicyclic) bond motifs is 1. The number of aromatic nitrogens is 4. The first-order chi connectivity index (χ1) is 12.1. The number of para-hydroxylation sites is 1. The molecule has 0 saturated heterocycles. The van der Waals surface area contributed by atoms with Crippen LogP contribution in [-0.2, 0) is 26.6 Å². The summed E-state index contributed by atoms with van der Waals surface area (Å²) in [5.74, 6) is 1.66. The van der Waals surface area contributed by atoms with Crippen LogP contribution in [0.15, 0.2) is 42.6 Å². The van der Waals surface area contributed by atoms with E-state index in [1.165, 1.54) is 17.2 Å². The van der Waals surface area contributed by atoms with Gasteiger partial charge in [0.25, 0.3) is 0 Å². The SMILES string of the molecule is CC(C)c1nc2c(n1C)CCN(Cc1ccn(-c3ccccc3)n1)C2. The van der Waals surface area contributed by atoms with Crippen molar-refractivity contribution in [1.29, 1.82) is 0 Å². The zero-order chi connectivity index (χ0) is 17.4. The molecule has 3 aromatic rings. The standard InChI is InChI=1S/C20H25N5/c1-15(2)20-21-18-14-24(11-10-19(18)23(20)3)13-16-9-12-25(22-16)17-7-5-4-6-8-17/h4-9,12,15H,10-11,13-14H2,1-3H3. The van der Waals surface area contributed by atoms with Crippen molar-refractivity contribution >= 4 is 0 Å². The van der Waals surface area contributed by atoms with Crippen LogP contribution in [0.3, 0.4) is 0 Å². The molecule has 0 aliphatic carbocycles. The fraction of sp³-hybridized carbons (Fsp3) is 0.400. The Morgan fingerprint density at radius 1 is 1.12 bits per heavy atom. The van der Waals surface area contributed by atoms with Gasteiger partial charge in [0.2, 0.25) is 0 Å². The summed E-state index contributed by atoms with van der Waals surface area (Å²) in [4.78, 5) is 7.33. The summed E-state index contributed by atoms with van der Waals surface area (Å²) < 4.78 is 4.24. The number of hydrogen-bond acceptors (Lipinski definition) is 3. The van der Waals surface area contributed by atoms with Crippen molar-refractivity contribution in [2.75, 3.05) is 6.54 Å². The van der Waals surface area contributed by atoms with Crippen LogP contribution in [0.2, 0.25) is 0 Å². The van der Waals surface area contributed by atoms with Crippen LogP contribution in [-0.4, -0.2) is 30.8 Å². The largest absolute Gasteiger partial charge is 0.335 e. The van der Waals surface area contributed by atoms with E-state index in [2.05, 4.69) is 48.6 Å². The lowest BCUT2D eigenvalue weighted by Crippen LogP contribution is -2.31. The Hall–Kier alpha value is -2.40. The Balaban J connectivity index is 1.48. The maximum absolute atomic E-state index is 4.89. The predicted molar refractivity (Wildman–Crippen MR) is 98.7 cm³/mol. The molecule has 0 atom stereocenters. The van der Waals surface area contributed by atoms with E-state index in [1.807, 2.05) is 29.1 Å². The number of nitrogens with zero attached hydrogens (tertiary/aromatic N) is 5. The highest BCUT2D eigenvalue weighted by Gasteiger charge is 2.24. The molecule has 0 radical (unpaired) electrons. The van der Waals surface area contributed by atoms with Gasteiger partial charge in [-0.2, -0.15) is 5.10 Å². The third kappa shape index (κ3) is 3.12. The van der Waals surface area contributed by atoms with Crippen molar-refractivity contribution in [3.05, 3.63) is 65.5 Å². The van der Waals surface area contributed by atoms with Crippen molar-refractivity contribution < 1.29 is 0 Å². The molecule has 1 aliphatic rings. The molecule has 1 aromatic carbocycles. The monoisotopic (exact) mass is 335 g/mol. The van der Waals surface area contributed by atoms with Crippen LogP contribution in [0.5, 0.6) is 0 Å². The molecule has 1 aliphatic heterocycles. The second kappa shape index (κ2) is 6.48. The van der Waals surface area contributed by atoms with Gasteiger partial charge >= 0.3 is 0 Å². The second-order valence-electron chi connectivity index (χ2n) is 7.12. The summed E-state index contributed by atoms with van der Waals surface area (Å²) in [6, 6.07) is 12.4. The van der Waals surface area contributed by atoms with Gasteiger partial charge in [-0.15, -0.1) is 0 Å². The van der Waals surface area contributed by atoms with Crippen LogP contribution in [0, 0.1) is 0 Å². The lowest BCUT2D eigenvalue weighted by atomic mass is 10.1. The molecule has 2 aromatic heterocycles. The fourth-order valence-corrected chi connectivity index (χ4v) is 3.65. The first kappa shape index (κ1) is 16.1. The highest BCUT2D eigenvalue weighted by molar-refractivity contribution is 5.30. The van der Waals surface area contributed by atoms with Gasteiger partial charge in [-0.25, -0.2) is 9.67 Å². The highest BCUT2D eigenvalue weighted by atomic mass is 15.3. The topological polar surface area (TPSA) is 38.9 Å². The molecule has 25 heavy (non-hydrogen) atoms. The molecule has 0 fully saturated rings. The highest BCUT2D eigenvalue weighted by Crippen LogP contribution is 2.24. The van der Waals surface area contributed by atoms with Gasteiger partial charge in [0.1, 0.15) is 5.82 Å². The van der Waals surface area contributed by atoms with Crippen LogP contribution in [0.25, 0.3) is 5.69 Å². The van der Waals surface area contributed by atoms with Crippen molar-refractivity contribution in [2.45, 2.75) is 39.3 Å². The summed E-state index contributed by atoms with van der Waals surface area (Å²) in [6.45, 7) is 7.26. The number of imidazole rings is 1. The van der Waals surface area contributed by atoms with Crippen molar-refractivity contribution in [1.82, 2.24) is 24.2 Å². The second-order valence-corrected chi connectivity index (χ2v) is 7.12. The van der Waals surface area contributed by atoms with Gasteiger partial charge in [0.05, 0.1) is 17.1 Å². The quantitative estimate of drug-likeness (QED) is 0.734. The maximum Gasteiger partial charge on any atom is 0.111 e. The minimum Gasteiger partial charge on any atom is -0.335 e. The summed E-state index contributed by atoms with van der Waals surface area (Å²) in [7, 11) is 2.15. The molecule has 5 heteroatoms. The van der Waals surface area contributed by atoms with E-state index in [0.29, 0.717) is 5.92 Å². The van der Waals surface area contributed by atoms with Crippen LogP contribution in [0.4, 0.5) is 0 Å². The molecule has 5 nitrogen and oxygen atoms in total. The summed E-state index contributed by atoms with van der Waals surface area (Å²) in [6.07, 6.45) is 3.10. The molecule has 0 N–H and O–H groups in total. The van der Waals surface area contributed by atoms with Crippen LogP contribution < -0.4 is 0 Å². The zero-order valence-corrected chi connectivity index (χ0v) is 15.2. The van der Waals surface area contributed by atoms with Crippen molar-refractivity contribution in [2.24, 2.45) is 7.05 Å². The maximum atomic E-state index is 4.89. The Morgan fingerprint density at radius 2 is 1.92 bits per heavy atom. The lowest BCUT2D eigenvalue weighted by molar-refractivity contribution is 0.237.